The smallest absolute Gasteiger partial charge is 0.259 e. The van der Waals surface area contributed by atoms with Gasteiger partial charge in [-0.3, -0.25) is 14.5 Å². The van der Waals surface area contributed by atoms with Crippen LogP contribution in [0.2, 0.25) is 0 Å². The lowest BCUT2D eigenvalue weighted by Crippen LogP contribution is -2.49. The van der Waals surface area contributed by atoms with Crippen molar-refractivity contribution in [3.05, 3.63) is 69.8 Å². The van der Waals surface area contributed by atoms with Crippen molar-refractivity contribution in [3.63, 3.8) is 0 Å². The highest BCUT2D eigenvalue weighted by Gasteiger charge is 2.25. The number of pyridine rings is 1. The zero-order chi connectivity index (χ0) is 21.5. The van der Waals surface area contributed by atoms with Crippen LogP contribution in [-0.4, -0.2) is 53.2 Å². The molecule has 31 heavy (non-hydrogen) atoms. The van der Waals surface area contributed by atoms with E-state index in [4.69, 9.17) is 9.47 Å². The van der Waals surface area contributed by atoms with Crippen LogP contribution in [0.3, 0.4) is 0 Å². The van der Waals surface area contributed by atoms with Crippen molar-refractivity contribution >= 4 is 16.8 Å². The second kappa shape index (κ2) is 7.70. The summed E-state index contributed by atoms with van der Waals surface area (Å²) in [5, 5.41) is 0.217. The standard InChI is InChI=1S/C23H22FN3O4/c1-25-13-18(22(28)17-11-16(24)3-4-19(17)25)23(29)27-8-6-26(7-9-27)12-15-2-5-20-21(10-15)31-14-30-20/h2-5,10-11,13H,6-9,12,14H2,1H3. The number of hydrogen-bond acceptors (Lipinski definition) is 5. The molecule has 160 valence electrons. The number of rotatable bonds is 3. The number of hydrogen-bond donors (Lipinski definition) is 0. The van der Waals surface area contributed by atoms with Gasteiger partial charge in [-0.2, -0.15) is 0 Å². The van der Waals surface area contributed by atoms with Crippen LogP contribution in [-0.2, 0) is 13.6 Å². The van der Waals surface area contributed by atoms with Crippen molar-refractivity contribution in [1.29, 1.82) is 0 Å². The molecule has 2 aliphatic rings. The third-order valence-corrected chi connectivity index (χ3v) is 5.88. The van der Waals surface area contributed by atoms with Gasteiger partial charge in [0.2, 0.25) is 12.2 Å². The summed E-state index contributed by atoms with van der Waals surface area (Å²) in [5.74, 6) is 0.715. The van der Waals surface area contributed by atoms with Gasteiger partial charge in [0.15, 0.2) is 11.5 Å². The average molecular weight is 423 g/mol. The molecule has 0 atom stereocenters. The van der Waals surface area contributed by atoms with E-state index in [2.05, 4.69) is 4.90 Å². The van der Waals surface area contributed by atoms with Gasteiger partial charge in [-0.05, 0) is 35.9 Å². The van der Waals surface area contributed by atoms with Crippen molar-refractivity contribution in [1.82, 2.24) is 14.4 Å². The van der Waals surface area contributed by atoms with Crippen LogP contribution in [0.15, 0.2) is 47.4 Å². The van der Waals surface area contributed by atoms with Crippen molar-refractivity contribution in [2.75, 3.05) is 33.0 Å². The molecule has 0 bridgehead atoms. The molecule has 0 radical (unpaired) electrons. The summed E-state index contributed by atoms with van der Waals surface area (Å²) in [6.07, 6.45) is 1.55. The predicted octanol–water partition coefficient (Wildman–Crippen LogP) is 2.36. The van der Waals surface area contributed by atoms with E-state index in [9.17, 15) is 14.0 Å². The third-order valence-electron chi connectivity index (χ3n) is 5.88. The van der Waals surface area contributed by atoms with E-state index in [0.29, 0.717) is 31.7 Å². The van der Waals surface area contributed by atoms with Gasteiger partial charge in [-0.15, -0.1) is 0 Å². The number of halogens is 1. The van der Waals surface area contributed by atoms with E-state index in [1.54, 1.807) is 28.8 Å². The molecule has 0 aliphatic carbocycles. The van der Waals surface area contributed by atoms with Crippen LogP contribution < -0.4 is 14.9 Å². The molecular weight excluding hydrogens is 401 g/mol. The minimum atomic E-state index is -0.494. The number of piperazine rings is 1. The molecule has 0 saturated carbocycles. The van der Waals surface area contributed by atoms with Gasteiger partial charge < -0.3 is 18.9 Å². The normalized spacial score (nSPS) is 16.1. The SMILES string of the molecule is Cn1cc(C(=O)N2CCN(Cc3ccc4c(c3)OCO4)CC2)c(=O)c2cc(F)ccc21. The van der Waals surface area contributed by atoms with E-state index in [0.717, 1.165) is 23.6 Å². The second-order valence-corrected chi connectivity index (χ2v) is 7.90. The van der Waals surface area contributed by atoms with Gasteiger partial charge in [0, 0.05) is 51.4 Å². The van der Waals surface area contributed by atoms with Gasteiger partial charge in [-0.1, -0.05) is 6.07 Å². The first-order chi connectivity index (χ1) is 15.0. The van der Waals surface area contributed by atoms with Crippen molar-refractivity contribution in [2.45, 2.75) is 6.54 Å². The Bertz CT molecular complexity index is 1230. The Hall–Kier alpha value is -3.39. The summed E-state index contributed by atoms with van der Waals surface area (Å²) >= 11 is 0. The van der Waals surface area contributed by atoms with E-state index >= 15 is 0 Å². The molecule has 1 amide bonds. The Morgan fingerprint density at radius 1 is 1.03 bits per heavy atom. The van der Waals surface area contributed by atoms with Crippen LogP contribution in [0, 0.1) is 5.82 Å². The van der Waals surface area contributed by atoms with Crippen molar-refractivity contribution in [3.8, 4) is 11.5 Å². The van der Waals surface area contributed by atoms with Gasteiger partial charge in [0.1, 0.15) is 11.4 Å². The quantitative estimate of drug-likeness (QED) is 0.647. The van der Waals surface area contributed by atoms with E-state index < -0.39 is 11.2 Å². The first-order valence-electron chi connectivity index (χ1n) is 10.2. The lowest BCUT2D eigenvalue weighted by molar-refractivity contribution is 0.0626. The van der Waals surface area contributed by atoms with E-state index in [1.807, 2.05) is 18.2 Å². The second-order valence-electron chi connectivity index (χ2n) is 7.90. The minimum Gasteiger partial charge on any atom is -0.454 e. The summed E-state index contributed by atoms with van der Waals surface area (Å²) in [4.78, 5) is 29.9. The number of nitrogens with zero attached hydrogens (tertiary/aromatic N) is 3. The maximum atomic E-state index is 13.7. The molecule has 0 N–H and O–H groups in total. The highest BCUT2D eigenvalue weighted by Crippen LogP contribution is 2.32. The molecule has 1 fully saturated rings. The molecule has 2 aliphatic heterocycles. The average Bonchev–Trinajstić information content (AvgIpc) is 3.24. The molecule has 0 unspecified atom stereocenters. The maximum absolute atomic E-state index is 13.7. The van der Waals surface area contributed by atoms with Crippen molar-refractivity contribution < 1.29 is 18.7 Å². The number of carbonyl (C=O) groups is 1. The Kier molecular flexibility index (Phi) is 4.86. The van der Waals surface area contributed by atoms with Crippen LogP contribution >= 0.6 is 0 Å². The van der Waals surface area contributed by atoms with Gasteiger partial charge in [0.05, 0.1) is 5.52 Å². The summed E-state index contributed by atoms with van der Waals surface area (Å²) in [5.41, 5.74) is 1.36. The molecule has 3 aromatic rings. The summed E-state index contributed by atoms with van der Waals surface area (Å²) in [6, 6.07) is 9.96. The Balaban J connectivity index is 1.29. The molecule has 1 saturated heterocycles. The topological polar surface area (TPSA) is 64.0 Å². The molecule has 2 aromatic carbocycles. The lowest BCUT2D eigenvalue weighted by atomic mass is 10.1. The number of ether oxygens (including phenoxy) is 2. The van der Waals surface area contributed by atoms with Gasteiger partial charge >= 0.3 is 0 Å². The van der Waals surface area contributed by atoms with Crippen LogP contribution in [0.5, 0.6) is 11.5 Å². The van der Waals surface area contributed by atoms with Crippen LogP contribution in [0.1, 0.15) is 15.9 Å². The number of aryl methyl sites for hydroxylation is 1. The fourth-order valence-corrected chi connectivity index (χ4v) is 4.19. The maximum Gasteiger partial charge on any atom is 0.259 e. The van der Waals surface area contributed by atoms with E-state index in [1.165, 1.54) is 12.1 Å². The third kappa shape index (κ3) is 3.63. The molecule has 7 nitrogen and oxygen atoms in total. The first kappa shape index (κ1) is 19.6. The van der Waals surface area contributed by atoms with Gasteiger partial charge in [0.25, 0.3) is 5.91 Å². The fourth-order valence-electron chi connectivity index (χ4n) is 4.19. The lowest BCUT2D eigenvalue weighted by Gasteiger charge is -2.34. The fraction of sp³-hybridized carbons (Fsp3) is 0.304. The molecular formula is C23H22FN3O4. The zero-order valence-electron chi connectivity index (χ0n) is 17.1. The first-order valence-corrected chi connectivity index (χ1v) is 10.2. The zero-order valence-corrected chi connectivity index (χ0v) is 17.1. The molecule has 3 heterocycles. The number of aromatic nitrogens is 1. The van der Waals surface area contributed by atoms with Crippen LogP contribution in [0.4, 0.5) is 4.39 Å². The molecule has 5 rings (SSSR count). The van der Waals surface area contributed by atoms with Crippen LogP contribution in [0.25, 0.3) is 10.9 Å². The predicted molar refractivity (Wildman–Crippen MR) is 113 cm³/mol. The Labute approximate surface area is 178 Å². The Morgan fingerprint density at radius 2 is 1.81 bits per heavy atom. The molecule has 8 heteroatoms. The number of carbonyl (C=O) groups excluding carboxylic acids is 1. The summed E-state index contributed by atoms with van der Waals surface area (Å²) < 4.78 is 26.1. The highest BCUT2D eigenvalue weighted by molar-refractivity contribution is 5.97. The minimum absolute atomic E-state index is 0.0739. The summed E-state index contributed by atoms with van der Waals surface area (Å²) in [6.45, 7) is 3.43. The molecule has 1 aromatic heterocycles. The molecule has 0 spiro atoms. The highest BCUT2D eigenvalue weighted by atomic mass is 19.1. The number of benzene rings is 2. The largest absolute Gasteiger partial charge is 0.454 e. The monoisotopic (exact) mass is 423 g/mol. The summed E-state index contributed by atoms with van der Waals surface area (Å²) in [7, 11) is 1.75. The van der Waals surface area contributed by atoms with Gasteiger partial charge in [-0.25, -0.2) is 4.39 Å². The number of fused-ring (bicyclic) bond motifs is 2. The van der Waals surface area contributed by atoms with Crippen molar-refractivity contribution in [2.24, 2.45) is 7.05 Å². The number of amides is 1. The van der Waals surface area contributed by atoms with E-state index in [-0.39, 0.29) is 23.6 Å². The Morgan fingerprint density at radius 3 is 2.61 bits per heavy atom.